The summed E-state index contributed by atoms with van der Waals surface area (Å²) in [6.07, 6.45) is -3.30. The summed E-state index contributed by atoms with van der Waals surface area (Å²) in [5.41, 5.74) is 4.40. The lowest BCUT2D eigenvalue weighted by molar-refractivity contribution is -0.192. The molecule has 8 nitrogen and oxygen atoms in total. The van der Waals surface area contributed by atoms with Crippen molar-refractivity contribution in [2.75, 3.05) is 5.32 Å². The number of thiazole rings is 1. The number of carboxylic acids is 1. The molecule has 0 fully saturated rings. The number of carbonyl (C=O) groups excluding carboxylic acids is 1. The number of aliphatic hydroxyl groups is 1. The monoisotopic (exact) mass is 456 g/mol. The maximum atomic E-state index is 12.3. The van der Waals surface area contributed by atoms with Crippen molar-refractivity contribution in [2.24, 2.45) is 0 Å². The Labute approximate surface area is 179 Å². The van der Waals surface area contributed by atoms with Crippen LogP contribution in [0.5, 0.6) is 0 Å². The van der Waals surface area contributed by atoms with E-state index in [1.165, 1.54) is 11.3 Å². The number of aryl methyl sites for hydroxylation is 2. The number of amides is 1. The van der Waals surface area contributed by atoms with Gasteiger partial charge < -0.3 is 20.1 Å². The lowest BCUT2D eigenvalue weighted by atomic mass is 10.2. The minimum absolute atomic E-state index is 0.156. The van der Waals surface area contributed by atoms with Crippen LogP contribution in [0.4, 0.5) is 18.9 Å². The fraction of sp³-hybridized carbons (Fsp3) is 0.263. The zero-order chi connectivity index (χ0) is 23.3. The average molecular weight is 456 g/mol. The predicted molar refractivity (Wildman–Crippen MR) is 107 cm³/mol. The van der Waals surface area contributed by atoms with Crippen LogP contribution in [0.2, 0.25) is 0 Å². The third-order valence-corrected chi connectivity index (χ3v) is 5.22. The summed E-state index contributed by atoms with van der Waals surface area (Å²) in [5, 5.41) is 19.6. The number of hydrogen-bond acceptors (Lipinski definition) is 6. The second-order valence-corrected chi connectivity index (χ2v) is 7.35. The van der Waals surface area contributed by atoms with Crippen molar-refractivity contribution in [1.82, 2.24) is 14.5 Å². The Morgan fingerprint density at radius 3 is 2.13 bits per heavy atom. The standard InChI is InChI=1S/C17H18N4O2S.C2HF3O2/c1-10-12(3)21(9-18-10)14-6-4-13(5-7-14)20-17(23)16-11(2)19-15(8-22)24-16;3-2(4,5)1(6)7/h4-7,9,22H,8H2,1-3H3,(H,20,23);(H,6,7). The zero-order valence-corrected chi connectivity index (χ0v) is 17.5. The maximum Gasteiger partial charge on any atom is 0.490 e. The van der Waals surface area contributed by atoms with Gasteiger partial charge in [0.15, 0.2) is 0 Å². The molecule has 0 atom stereocenters. The quantitative estimate of drug-likeness (QED) is 0.552. The SMILES string of the molecule is Cc1nc(CO)sc1C(=O)Nc1ccc(-n2cnc(C)c2C)cc1.O=C(O)C(F)(F)F. The van der Waals surface area contributed by atoms with Crippen molar-refractivity contribution in [3.05, 3.63) is 57.6 Å². The van der Waals surface area contributed by atoms with Crippen LogP contribution in [0.15, 0.2) is 30.6 Å². The van der Waals surface area contributed by atoms with Gasteiger partial charge in [0.25, 0.3) is 5.91 Å². The molecule has 166 valence electrons. The number of nitrogens with zero attached hydrogens (tertiary/aromatic N) is 3. The summed E-state index contributed by atoms with van der Waals surface area (Å²) in [4.78, 5) is 30.2. The number of alkyl halides is 3. The van der Waals surface area contributed by atoms with Gasteiger partial charge in [-0.2, -0.15) is 13.2 Å². The fourth-order valence-corrected chi connectivity index (χ4v) is 3.20. The largest absolute Gasteiger partial charge is 0.490 e. The predicted octanol–water partition coefficient (Wildman–Crippen LogP) is 3.63. The van der Waals surface area contributed by atoms with Crippen LogP contribution in [0, 0.1) is 20.8 Å². The van der Waals surface area contributed by atoms with Gasteiger partial charge in [0.1, 0.15) is 9.88 Å². The molecule has 1 aromatic carbocycles. The van der Waals surface area contributed by atoms with Crippen LogP contribution in [0.1, 0.15) is 31.8 Å². The molecular weight excluding hydrogens is 437 g/mol. The van der Waals surface area contributed by atoms with E-state index in [1.54, 1.807) is 13.3 Å². The molecule has 31 heavy (non-hydrogen) atoms. The van der Waals surface area contributed by atoms with Crippen molar-refractivity contribution in [1.29, 1.82) is 0 Å². The number of hydrogen-bond donors (Lipinski definition) is 3. The zero-order valence-electron chi connectivity index (χ0n) is 16.7. The number of carbonyl (C=O) groups is 2. The highest BCUT2D eigenvalue weighted by Crippen LogP contribution is 2.21. The van der Waals surface area contributed by atoms with Gasteiger partial charge in [-0.05, 0) is 45.0 Å². The van der Waals surface area contributed by atoms with E-state index in [0.29, 0.717) is 21.3 Å². The molecule has 0 radical (unpaired) electrons. The van der Waals surface area contributed by atoms with Crippen molar-refractivity contribution >= 4 is 28.9 Å². The first kappa shape index (κ1) is 24.0. The van der Waals surface area contributed by atoms with Crippen molar-refractivity contribution in [3.63, 3.8) is 0 Å². The van der Waals surface area contributed by atoms with Crippen LogP contribution >= 0.6 is 11.3 Å². The Bertz CT molecular complexity index is 1080. The molecule has 2 heterocycles. The topological polar surface area (TPSA) is 117 Å². The Morgan fingerprint density at radius 2 is 1.71 bits per heavy atom. The summed E-state index contributed by atoms with van der Waals surface area (Å²) in [7, 11) is 0. The summed E-state index contributed by atoms with van der Waals surface area (Å²) in [5.74, 6) is -2.97. The van der Waals surface area contributed by atoms with Gasteiger partial charge in [-0.1, -0.05) is 0 Å². The maximum absolute atomic E-state index is 12.3. The van der Waals surface area contributed by atoms with E-state index < -0.39 is 12.1 Å². The number of halogens is 3. The van der Waals surface area contributed by atoms with Gasteiger partial charge in [-0.3, -0.25) is 4.79 Å². The van der Waals surface area contributed by atoms with E-state index in [0.717, 1.165) is 17.1 Å². The van der Waals surface area contributed by atoms with Gasteiger partial charge >= 0.3 is 12.1 Å². The molecule has 0 aliphatic rings. The molecule has 0 saturated heterocycles. The third-order valence-electron chi connectivity index (χ3n) is 4.08. The van der Waals surface area contributed by atoms with Gasteiger partial charge in [-0.15, -0.1) is 11.3 Å². The minimum Gasteiger partial charge on any atom is -0.475 e. The molecule has 0 aliphatic heterocycles. The van der Waals surface area contributed by atoms with Crippen molar-refractivity contribution in [2.45, 2.75) is 33.6 Å². The number of carboxylic acid groups (broad SMARTS) is 1. The van der Waals surface area contributed by atoms with E-state index in [2.05, 4.69) is 15.3 Å². The number of nitrogens with one attached hydrogen (secondary N) is 1. The van der Waals surface area contributed by atoms with Crippen LogP contribution in [0.25, 0.3) is 5.69 Å². The van der Waals surface area contributed by atoms with E-state index >= 15 is 0 Å². The molecule has 0 unspecified atom stereocenters. The molecule has 3 aromatic rings. The highest BCUT2D eigenvalue weighted by Gasteiger charge is 2.38. The highest BCUT2D eigenvalue weighted by molar-refractivity contribution is 7.13. The fourth-order valence-electron chi connectivity index (χ4n) is 2.38. The molecule has 12 heteroatoms. The number of aliphatic carboxylic acids is 1. The molecular formula is C19H19F3N4O4S. The number of anilines is 1. The highest BCUT2D eigenvalue weighted by atomic mass is 32.1. The Kier molecular flexibility index (Phi) is 7.52. The van der Waals surface area contributed by atoms with Crippen LogP contribution in [0.3, 0.4) is 0 Å². The van der Waals surface area contributed by atoms with E-state index in [1.807, 2.05) is 42.7 Å². The van der Waals surface area contributed by atoms with Crippen LogP contribution < -0.4 is 5.32 Å². The Hall–Kier alpha value is -3.25. The van der Waals surface area contributed by atoms with Crippen LogP contribution in [-0.4, -0.2) is 42.8 Å². The Balaban J connectivity index is 0.000000423. The molecule has 0 saturated carbocycles. The van der Waals surface area contributed by atoms with Crippen molar-refractivity contribution < 1.29 is 33.0 Å². The molecule has 0 bridgehead atoms. The second kappa shape index (κ2) is 9.71. The van der Waals surface area contributed by atoms with Crippen molar-refractivity contribution in [3.8, 4) is 5.69 Å². The lowest BCUT2D eigenvalue weighted by Crippen LogP contribution is -2.21. The summed E-state index contributed by atoms with van der Waals surface area (Å²) in [6.45, 7) is 5.59. The third kappa shape index (κ3) is 6.12. The van der Waals surface area contributed by atoms with Gasteiger partial charge in [0, 0.05) is 17.1 Å². The summed E-state index contributed by atoms with van der Waals surface area (Å²) < 4.78 is 33.7. The number of rotatable bonds is 4. The minimum atomic E-state index is -5.08. The molecule has 3 N–H and O–H groups in total. The normalized spacial score (nSPS) is 10.9. The summed E-state index contributed by atoms with van der Waals surface area (Å²) in [6, 6.07) is 7.57. The lowest BCUT2D eigenvalue weighted by Gasteiger charge is -2.08. The Morgan fingerprint density at radius 1 is 1.13 bits per heavy atom. The number of aliphatic hydroxyl groups excluding tert-OH is 1. The molecule has 3 rings (SSSR count). The van der Waals surface area contributed by atoms with E-state index in [9.17, 15) is 18.0 Å². The van der Waals surface area contributed by atoms with E-state index in [4.69, 9.17) is 15.0 Å². The van der Waals surface area contributed by atoms with Gasteiger partial charge in [0.05, 0.1) is 24.3 Å². The molecule has 0 aliphatic carbocycles. The molecule has 1 amide bonds. The molecule has 0 spiro atoms. The smallest absolute Gasteiger partial charge is 0.475 e. The van der Waals surface area contributed by atoms with Gasteiger partial charge in [-0.25, -0.2) is 14.8 Å². The second-order valence-electron chi connectivity index (χ2n) is 6.27. The summed E-state index contributed by atoms with van der Waals surface area (Å²) >= 11 is 1.21. The number of imidazole rings is 1. The molecule has 2 aromatic heterocycles. The first-order valence-electron chi connectivity index (χ1n) is 8.73. The van der Waals surface area contributed by atoms with E-state index in [-0.39, 0.29) is 12.5 Å². The average Bonchev–Trinajstić information content (AvgIpc) is 3.24. The van der Waals surface area contributed by atoms with Crippen LogP contribution in [-0.2, 0) is 11.4 Å². The number of aromatic nitrogens is 3. The first-order chi connectivity index (χ1) is 14.4. The van der Waals surface area contributed by atoms with Gasteiger partial charge in [0.2, 0.25) is 0 Å². The first-order valence-corrected chi connectivity index (χ1v) is 9.55. The number of benzene rings is 1.